The lowest BCUT2D eigenvalue weighted by molar-refractivity contribution is -0.136. The van der Waals surface area contributed by atoms with Crippen LogP contribution in [-0.2, 0) is 9.59 Å². The summed E-state index contributed by atoms with van der Waals surface area (Å²) in [6, 6.07) is 14.4. The fourth-order valence-corrected chi connectivity index (χ4v) is 3.53. The van der Waals surface area contributed by atoms with Crippen LogP contribution in [-0.4, -0.2) is 68.5 Å². The Labute approximate surface area is 181 Å². The van der Waals surface area contributed by atoms with Crippen LogP contribution in [0.5, 0.6) is 5.75 Å². The number of piperazine rings is 1. The summed E-state index contributed by atoms with van der Waals surface area (Å²) in [6.45, 7) is 4.03. The summed E-state index contributed by atoms with van der Waals surface area (Å²) >= 11 is 5.85. The maximum absolute atomic E-state index is 12.4. The van der Waals surface area contributed by atoms with Crippen molar-refractivity contribution >= 4 is 29.1 Å². The van der Waals surface area contributed by atoms with Crippen LogP contribution in [0.1, 0.15) is 11.6 Å². The lowest BCUT2D eigenvalue weighted by Gasteiger charge is -2.38. The lowest BCUT2D eigenvalue weighted by atomic mass is 10.0. The molecule has 8 heteroatoms. The van der Waals surface area contributed by atoms with E-state index in [1.807, 2.05) is 24.3 Å². The van der Waals surface area contributed by atoms with Gasteiger partial charge in [-0.15, -0.1) is 0 Å². The molecule has 1 atom stereocenters. The molecule has 0 radical (unpaired) electrons. The standard InChI is InChI=1S/C22H27ClN4O3/c1-26-11-13-27(14-12-26)20(16-3-9-19(30-2)10-4-16)15-24-21(28)22(29)25-18-7-5-17(23)6-8-18/h3-10,20H,11-15H2,1-2H3,(H,24,28)(H,25,29)/t20-/m0/s1. The second-order valence-corrected chi connectivity index (χ2v) is 7.74. The highest BCUT2D eigenvalue weighted by molar-refractivity contribution is 6.39. The number of methoxy groups -OCH3 is 1. The van der Waals surface area contributed by atoms with E-state index in [1.54, 1.807) is 31.4 Å². The van der Waals surface area contributed by atoms with E-state index >= 15 is 0 Å². The zero-order valence-corrected chi connectivity index (χ0v) is 18.0. The second kappa shape index (κ2) is 10.4. The van der Waals surface area contributed by atoms with Gasteiger partial charge in [0.05, 0.1) is 13.2 Å². The summed E-state index contributed by atoms with van der Waals surface area (Å²) in [5.74, 6) is -0.593. The SMILES string of the molecule is COc1ccc([C@H](CNC(=O)C(=O)Nc2ccc(Cl)cc2)N2CCN(C)CC2)cc1. The minimum absolute atomic E-state index is 0.0307. The third kappa shape index (κ3) is 5.95. The largest absolute Gasteiger partial charge is 0.497 e. The van der Waals surface area contributed by atoms with Gasteiger partial charge in [0.2, 0.25) is 0 Å². The molecule has 1 fully saturated rings. The molecule has 1 aliphatic rings. The summed E-state index contributed by atoms with van der Waals surface area (Å²) in [5.41, 5.74) is 1.59. The molecule has 2 aromatic carbocycles. The molecular weight excluding hydrogens is 404 g/mol. The number of benzene rings is 2. The smallest absolute Gasteiger partial charge is 0.313 e. The van der Waals surface area contributed by atoms with Crippen molar-refractivity contribution in [2.45, 2.75) is 6.04 Å². The molecule has 2 aromatic rings. The van der Waals surface area contributed by atoms with E-state index in [0.717, 1.165) is 37.5 Å². The molecule has 0 unspecified atom stereocenters. The summed E-state index contributed by atoms with van der Waals surface area (Å²) in [5, 5.41) is 5.93. The molecule has 1 aliphatic heterocycles. The molecule has 2 amide bonds. The fraction of sp³-hybridized carbons (Fsp3) is 0.364. The Balaban J connectivity index is 1.65. The van der Waals surface area contributed by atoms with Crippen LogP contribution >= 0.6 is 11.6 Å². The predicted octanol–water partition coefficient (Wildman–Crippen LogP) is 2.39. The molecule has 160 valence electrons. The Hall–Kier alpha value is -2.61. The third-order valence-electron chi connectivity index (χ3n) is 5.24. The van der Waals surface area contributed by atoms with Gasteiger partial charge in [-0.2, -0.15) is 0 Å². The first kappa shape index (κ1) is 22.1. The van der Waals surface area contributed by atoms with Gasteiger partial charge in [-0.25, -0.2) is 0 Å². The van der Waals surface area contributed by atoms with Gasteiger partial charge in [0.1, 0.15) is 5.75 Å². The van der Waals surface area contributed by atoms with Crippen molar-refractivity contribution in [2.24, 2.45) is 0 Å². The molecule has 2 N–H and O–H groups in total. The predicted molar refractivity (Wildman–Crippen MR) is 118 cm³/mol. The number of amides is 2. The lowest BCUT2D eigenvalue weighted by Crippen LogP contribution is -2.49. The van der Waals surface area contributed by atoms with Crippen molar-refractivity contribution in [3.05, 3.63) is 59.1 Å². The van der Waals surface area contributed by atoms with Crippen LogP contribution in [0.25, 0.3) is 0 Å². The van der Waals surface area contributed by atoms with Crippen molar-refractivity contribution in [1.29, 1.82) is 0 Å². The third-order valence-corrected chi connectivity index (χ3v) is 5.50. The maximum atomic E-state index is 12.4. The number of nitrogens with zero attached hydrogens (tertiary/aromatic N) is 2. The first-order valence-corrected chi connectivity index (χ1v) is 10.3. The summed E-state index contributed by atoms with van der Waals surface area (Å²) < 4.78 is 5.25. The Bertz CT molecular complexity index is 850. The van der Waals surface area contributed by atoms with E-state index in [0.29, 0.717) is 17.3 Å². The molecule has 0 aromatic heterocycles. The number of ether oxygens (including phenoxy) is 1. The van der Waals surface area contributed by atoms with Gasteiger partial charge in [-0.3, -0.25) is 14.5 Å². The molecule has 7 nitrogen and oxygen atoms in total. The molecule has 1 saturated heterocycles. The Morgan fingerprint density at radius 1 is 1.00 bits per heavy atom. The number of carbonyl (C=O) groups excluding carboxylic acids is 2. The van der Waals surface area contributed by atoms with Crippen molar-refractivity contribution in [3.8, 4) is 5.75 Å². The maximum Gasteiger partial charge on any atom is 0.313 e. The molecule has 3 rings (SSSR count). The summed E-state index contributed by atoms with van der Waals surface area (Å²) in [4.78, 5) is 29.3. The Morgan fingerprint density at radius 2 is 1.63 bits per heavy atom. The first-order valence-electron chi connectivity index (χ1n) is 9.87. The van der Waals surface area contributed by atoms with Crippen molar-refractivity contribution in [1.82, 2.24) is 15.1 Å². The van der Waals surface area contributed by atoms with Crippen LogP contribution < -0.4 is 15.4 Å². The Kier molecular flexibility index (Phi) is 7.68. The van der Waals surface area contributed by atoms with E-state index in [1.165, 1.54) is 0 Å². The van der Waals surface area contributed by atoms with Crippen LogP contribution in [0.2, 0.25) is 5.02 Å². The molecule has 30 heavy (non-hydrogen) atoms. The molecule has 0 spiro atoms. The van der Waals surface area contributed by atoms with Gasteiger partial charge in [-0.1, -0.05) is 23.7 Å². The van der Waals surface area contributed by atoms with E-state index in [4.69, 9.17) is 16.3 Å². The highest BCUT2D eigenvalue weighted by Gasteiger charge is 2.25. The normalized spacial score (nSPS) is 16.0. The average molecular weight is 431 g/mol. The summed E-state index contributed by atoms with van der Waals surface area (Å²) in [7, 11) is 3.73. The van der Waals surface area contributed by atoms with Crippen LogP contribution in [0.3, 0.4) is 0 Å². The van der Waals surface area contributed by atoms with Gasteiger partial charge < -0.3 is 20.3 Å². The van der Waals surface area contributed by atoms with Crippen molar-refractivity contribution < 1.29 is 14.3 Å². The monoisotopic (exact) mass is 430 g/mol. The minimum atomic E-state index is -0.704. The average Bonchev–Trinajstić information content (AvgIpc) is 2.77. The zero-order chi connectivity index (χ0) is 21.5. The molecule has 0 aliphatic carbocycles. The van der Waals surface area contributed by atoms with E-state index in [9.17, 15) is 9.59 Å². The topological polar surface area (TPSA) is 73.9 Å². The summed E-state index contributed by atoms with van der Waals surface area (Å²) in [6.07, 6.45) is 0. The number of nitrogens with one attached hydrogen (secondary N) is 2. The number of likely N-dealkylation sites (N-methyl/N-ethyl adjacent to an activating group) is 1. The number of anilines is 1. The van der Waals surface area contributed by atoms with Gasteiger partial charge >= 0.3 is 11.8 Å². The number of hydrogen-bond donors (Lipinski definition) is 2. The van der Waals surface area contributed by atoms with E-state index in [-0.39, 0.29) is 6.04 Å². The molecule has 0 saturated carbocycles. The first-order chi connectivity index (χ1) is 14.5. The number of halogens is 1. The minimum Gasteiger partial charge on any atom is -0.497 e. The number of carbonyl (C=O) groups is 2. The van der Waals surface area contributed by atoms with Gasteiger partial charge in [0, 0.05) is 43.4 Å². The highest BCUT2D eigenvalue weighted by Crippen LogP contribution is 2.24. The van der Waals surface area contributed by atoms with Gasteiger partial charge in [-0.05, 0) is 49.0 Å². The van der Waals surface area contributed by atoms with Gasteiger partial charge in [0.25, 0.3) is 0 Å². The van der Waals surface area contributed by atoms with E-state index < -0.39 is 11.8 Å². The van der Waals surface area contributed by atoms with Crippen LogP contribution in [0.15, 0.2) is 48.5 Å². The van der Waals surface area contributed by atoms with Crippen molar-refractivity contribution in [3.63, 3.8) is 0 Å². The van der Waals surface area contributed by atoms with Crippen LogP contribution in [0, 0.1) is 0 Å². The zero-order valence-electron chi connectivity index (χ0n) is 17.2. The molecule has 1 heterocycles. The fourth-order valence-electron chi connectivity index (χ4n) is 3.41. The van der Waals surface area contributed by atoms with Gasteiger partial charge in [0.15, 0.2) is 0 Å². The van der Waals surface area contributed by atoms with Crippen LogP contribution in [0.4, 0.5) is 5.69 Å². The molecular formula is C22H27ClN4O3. The quantitative estimate of drug-likeness (QED) is 0.688. The second-order valence-electron chi connectivity index (χ2n) is 7.30. The van der Waals surface area contributed by atoms with E-state index in [2.05, 4.69) is 27.5 Å². The molecule has 0 bridgehead atoms. The highest BCUT2D eigenvalue weighted by atomic mass is 35.5. The number of rotatable bonds is 6. The number of hydrogen-bond acceptors (Lipinski definition) is 5. The Morgan fingerprint density at radius 3 is 2.23 bits per heavy atom. The van der Waals surface area contributed by atoms with Crippen molar-refractivity contribution in [2.75, 3.05) is 52.2 Å².